The number of hydrogen-bond donors (Lipinski definition) is 1. The molecule has 0 aromatic carbocycles. The Kier molecular flexibility index (Phi) is 6.21. The van der Waals surface area contributed by atoms with Gasteiger partial charge in [0.1, 0.15) is 5.03 Å². The molecule has 7 heteroatoms. The molecule has 1 N–H and O–H groups in total. The van der Waals surface area contributed by atoms with Gasteiger partial charge >= 0.3 is 0 Å². The van der Waals surface area contributed by atoms with E-state index in [4.69, 9.17) is 0 Å². The fourth-order valence-corrected chi connectivity index (χ4v) is 2.99. The second-order valence-corrected chi connectivity index (χ2v) is 5.88. The molecule has 2 rings (SSSR count). The first-order valence-corrected chi connectivity index (χ1v) is 8.65. The van der Waals surface area contributed by atoms with Gasteiger partial charge in [0.05, 0.1) is 12.1 Å². The number of rotatable bonds is 5. The third-order valence-electron chi connectivity index (χ3n) is 3.60. The highest BCUT2D eigenvalue weighted by Gasteiger charge is 2.24. The lowest BCUT2D eigenvalue weighted by atomic mass is 10.2. The maximum atomic E-state index is 12.6. The Labute approximate surface area is 135 Å². The number of carbonyl (C=O) groups is 2. The Balaban J connectivity index is 1.91. The second-order valence-electron chi connectivity index (χ2n) is 5.08. The molecule has 1 fully saturated rings. The van der Waals surface area contributed by atoms with Crippen molar-refractivity contribution in [2.45, 2.75) is 11.9 Å². The summed E-state index contributed by atoms with van der Waals surface area (Å²) in [4.78, 5) is 32.3. The van der Waals surface area contributed by atoms with E-state index in [2.05, 4.69) is 15.2 Å². The fourth-order valence-electron chi connectivity index (χ4n) is 2.45. The van der Waals surface area contributed by atoms with Crippen LogP contribution in [0.1, 0.15) is 17.3 Å². The van der Waals surface area contributed by atoms with Crippen LogP contribution in [0.5, 0.6) is 0 Å². The third-order valence-corrected chi connectivity index (χ3v) is 4.31. The zero-order valence-corrected chi connectivity index (χ0v) is 13.9. The smallest absolute Gasteiger partial charge is 0.256 e. The van der Waals surface area contributed by atoms with Gasteiger partial charge in [-0.05, 0) is 25.3 Å². The van der Waals surface area contributed by atoms with Crippen molar-refractivity contribution in [1.82, 2.24) is 20.1 Å². The molecule has 2 heterocycles. The highest BCUT2D eigenvalue weighted by atomic mass is 32.2. The first-order valence-electron chi connectivity index (χ1n) is 7.43. The molecule has 1 aliphatic rings. The number of likely N-dealkylation sites (N-methyl/N-ethyl adjacent to an activating group) is 1. The predicted octanol–water partition coefficient (Wildman–Crippen LogP) is 0.697. The van der Waals surface area contributed by atoms with Gasteiger partial charge in [0.25, 0.3) is 5.91 Å². The topological polar surface area (TPSA) is 65.5 Å². The number of amides is 2. The van der Waals surface area contributed by atoms with Crippen LogP contribution in [-0.4, -0.2) is 72.1 Å². The van der Waals surface area contributed by atoms with E-state index < -0.39 is 0 Å². The molecule has 6 nitrogen and oxygen atoms in total. The maximum Gasteiger partial charge on any atom is 0.256 e. The number of hydrogen-bond acceptors (Lipinski definition) is 5. The Morgan fingerprint density at radius 2 is 2.05 bits per heavy atom. The van der Waals surface area contributed by atoms with E-state index in [1.165, 1.54) is 11.8 Å². The van der Waals surface area contributed by atoms with Crippen molar-refractivity contribution in [3.05, 3.63) is 23.9 Å². The van der Waals surface area contributed by atoms with Crippen LogP contribution in [0.2, 0.25) is 0 Å². The molecule has 1 aromatic rings. The number of nitrogens with one attached hydrogen (secondary N) is 1. The average molecular weight is 322 g/mol. The Morgan fingerprint density at radius 3 is 2.68 bits per heavy atom. The van der Waals surface area contributed by atoms with Gasteiger partial charge in [-0.2, -0.15) is 0 Å². The Morgan fingerprint density at radius 1 is 1.32 bits per heavy atom. The second kappa shape index (κ2) is 8.14. The van der Waals surface area contributed by atoms with Crippen molar-refractivity contribution < 1.29 is 9.59 Å². The molecular formula is C15H22N4O2S. The highest BCUT2D eigenvalue weighted by Crippen LogP contribution is 2.19. The lowest BCUT2D eigenvalue weighted by Crippen LogP contribution is -2.51. The summed E-state index contributed by atoms with van der Waals surface area (Å²) in [6.07, 6.45) is 3.62. The standard InChI is InChI=1S/C15H22N4O2S/c1-3-16-13(20)11-18-7-9-19(10-8-18)15(21)12-5-4-6-17-14(12)22-2/h4-6H,3,7-11H2,1-2H3,(H,16,20). The Bertz CT molecular complexity index is 530. The van der Waals surface area contributed by atoms with Crippen molar-refractivity contribution in [3.8, 4) is 0 Å². The number of carbonyl (C=O) groups excluding carboxylic acids is 2. The quantitative estimate of drug-likeness (QED) is 0.808. The summed E-state index contributed by atoms with van der Waals surface area (Å²) in [5, 5.41) is 3.56. The minimum absolute atomic E-state index is 0.0232. The lowest BCUT2D eigenvalue weighted by Gasteiger charge is -2.34. The lowest BCUT2D eigenvalue weighted by molar-refractivity contribution is -0.122. The SMILES string of the molecule is CCNC(=O)CN1CCN(C(=O)c2cccnc2SC)CC1. The van der Waals surface area contributed by atoms with Gasteiger partial charge in [-0.25, -0.2) is 4.98 Å². The molecule has 1 aliphatic heterocycles. The predicted molar refractivity (Wildman–Crippen MR) is 87.0 cm³/mol. The van der Waals surface area contributed by atoms with E-state index in [-0.39, 0.29) is 11.8 Å². The first-order chi connectivity index (χ1) is 10.7. The van der Waals surface area contributed by atoms with E-state index in [9.17, 15) is 9.59 Å². The van der Waals surface area contributed by atoms with E-state index in [1.807, 2.05) is 24.1 Å². The third kappa shape index (κ3) is 4.20. The molecule has 0 bridgehead atoms. The molecular weight excluding hydrogens is 300 g/mol. The van der Waals surface area contributed by atoms with Gasteiger partial charge in [0, 0.05) is 38.9 Å². The Hall–Kier alpha value is -1.60. The van der Waals surface area contributed by atoms with Gasteiger partial charge in [0.2, 0.25) is 5.91 Å². The molecule has 120 valence electrons. The number of piperazine rings is 1. The van der Waals surface area contributed by atoms with Crippen LogP contribution in [0.15, 0.2) is 23.4 Å². The fraction of sp³-hybridized carbons (Fsp3) is 0.533. The molecule has 0 atom stereocenters. The number of aromatic nitrogens is 1. The van der Waals surface area contributed by atoms with Crippen LogP contribution in [0, 0.1) is 0 Å². The van der Waals surface area contributed by atoms with E-state index >= 15 is 0 Å². The molecule has 0 unspecified atom stereocenters. The number of nitrogens with zero attached hydrogens (tertiary/aromatic N) is 3. The van der Waals surface area contributed by atoms with Crippen molar-refractivity contribution in [2.24, 2.45) is 0 Å². The summed E-state index contributed by atoms with van der Waals surface area (Å²) in [7, 11) is 0. The molecule has 1 aromatic heterocycles. The molecule has 0 spiro atoms. The van der Waals surface area contributed by atoms with Crippen molar-refractivity contribution in [2.75, 3.05) is 45.5 Å². The van der Waals surface area contributed by atoms with Crippen LogP contribution in [0.25, 0.3) is 0 Å². The molecule has 0 radical (unpaired) electrons. The van der Waals surface area contributed by atoms with Crippen LogP contribution in [-0.2, 0) is 4.79 Å². The maximum absolute atomic E-state index is 12.6. The largest absolute Gasteiger partial charge is 0.355 e. The van der Waals surface area contributed by atoms with Crippen molar-refractivity contribution in [3.63, 3.8) is 0 Å². The van der Waals surface area contributed by atoms with E-state index in [1.54, 1.807) is 12.3 Å². The van der Waals surface area contributed by atoms with Crippen molar-refractivity contribution >= 4 is 23.6 Å². The summed E-state index contributed by atoms with van der Waals surface area (Å²) in [6, 6.07) is 3.61. The van der Waals surface area contributed by atoms with Gasteiger partial charge in [-0.15, -0.1) is 11.8 Å². The number of thioether (sulfide) groups is 1. The van der Waals surface area contributed by atoms with Gasteiger partial charge in [-0.1, -0.05) is 0 Å². The van der Waals surface area contributed by atoms with Crippen LogP contribution < -0.4 is 5.32 Å². The van der Waals surface area contributed by atoms with E-state index in [0.717, 1.165) is 18.1 Å². The van der Waals surface area contributed by atoms with Crippen molar-refractivity contribution in [1.29, 1.82) is 0 Å². The zero-order chi connectivity index (χ0) is 15.9. The van der Waals surface area contributed by atoms with Gasteiger partial charge < -0.3 is 10.2 Å². The summed E-state index contributed by atoms with van der Waals surface area (Å²) < 4.78 is 0. The molecule has 22 heavy (non-hydrogen) atoms. The van der Waals surface area contributed by atoms with Gasteiger partial charge in [-0.3, -0.25) is 14.5 Å². The minimum atomic E-state index is 0.0232. The van der Waals surface area contributed by atoms with Gasteiger partial charge in [0.15, 0.2) is 0 Å². The van der Waals surface area contributed by atoms with Crippen LogP contribution in [0.3, 0.4) is 0 Å². The summed E-state index contributed by atoms with van der Waals surface area (Å²) in [6.45, 7) is 5.68. The number of pyridine rings is 1. The molecule has 0 aliphatic carbocycles. The summed E-state index contributed by atoms with van der Waals surface area (Å²) in [5.74, 6) is 0.0642. The minimum Gasteiger partial charge on any atom is -0.355 e. The zero-order valence-electron chi connectivity index (χ0n) is 13.0. The first kappa shape index (κ1) is 16.8. The summed E-state index contributed by atoms with van der Waals surface area (Å²) >= 11 is 1.48. The highest BCUT2D eigenvalue weighted by molar-refractivity contribution is 7.98. The molecule has 1 saturated heterocycles. The summed E-state index contributed by atoms with van der Waals surface area (Å²) in [5.41, 5.74) is 0.659. The van der Waals surface area contributed by atoms with E-state index in [0.29, 0.717) is 31.7 Å². The van der Waals surface area contributed by atoms with Crippen LogP contribution >= 0.6 is 11.8 Å². The molecule has 2 amide bonds. The monoisotopic (exact) mass is 322 g/mol. The normalized spacial score (nSPS) is 15.6. The van der Waals surface area contributed by atoms with Crippen LogP contribution in [0.4, 0.5) is 0 Å². The average Bonchev–Trinajstić information content (AvgIpc) is 2.55. The molecule has 0 saturated carbocycles.